The van der Waals surface area contributed by atoms with Gasteiger partial charge in [0.2, 0.25) is 0 Å². The average Bonchev–Trinajstić information content (AvgIpc) is 3.22. The fraction of sp³-hybridized carbons (Fsp3) is 0.0417. The largest absolute Gasteiger partial charge is 0.321 e. The molecule has 6 heteroatoms. The minimum Gasteiger partial charge on any atom is -0.321 e. The van der Waals surface area contributed by atoms with Crippen molar-refractivity contribution in [2.24, 2.45) is 0 Å². The fourth-order valence-electron chi connectivity index (χ4n) is 3.68. The van der Waals surface area contributed by atoms with Crippen LogP contribution in [0, 0.1) is 0 Å². The highest BCUT2D eigenvalue weighted by molar-refractivity contribution is 6.31. The summed E-state index contributed by atoms with van der Waals surface area (Å²) < 4.78 is 1.74. The molecule has 0 radical (unpaired) electrons. The minimum absolute atomic E-state index is 0.213. The predicted octanol–water partition coefficient (Wildman–Crippen LogP) is 5.16. The van der Waals surface area contributed by atoms with E-state index in [0.717, 1.165) is 27.6 Å². The van der Waals surface area contributed by atoms with Gasteiger partial charge in [-0.2, -0.15) is 0 Å². The van der Waals surface area contributed by atoms with Gasteiger partial charge in [0.25, 0.3) is 5.56 Å². The summed E-state index contributed by atoms with van der Waals surface area (Å²) in [6.07, 6.45) is 1.81. The highest BCUT2D eigenvalue weighted by atomic mass is 35.5. The molecule has 0 amide bonds. The lowest BCUT2D eigenvalue weighted by Crippen LogP contribution is -2.11. The number of rotatable bonds is 4. The molecule has 0 bridgehead atoms. The molecule has 2 aromatic heterocycles. The normalized spacial score (nSPS) is 11.1. The third kappa shape index (κ3) is 3.40. The molecular formula is C24H17ClN4O. The molecule has 5 rings (SSSR count). The zero-order chi connectivity index (χ0) is 20.5. The molecule has 0 fully saturated rings. The van der Waals surface area contributed by atoms with Gasteiger partial charge >= 0.3 is 0 Å². The lowest BCUT2D eigenvalue weighted by molar-refractivity contribution is 0.650. The van der Waals surface area contributed by atoms with Crippen molar-refractivity contribution in [2.45, 2.75) is 6.54 Å². The van der Waals surface area contributed by atoms with Gasteiger partial charge in [0.1, 0.15) is 5.69 Å². The van der Waals surface area contributed by atoms with E-state index in [1.54, 1.807) is 16.9 Å². The number of aromatic nitrogens is 4. The van der Waals surface area contributed by atoms with Gasteiger partial charge < -0.3 is 4.98 Å². The van der Waals surface area contributed by atoms with Crippen molar-refractivity contribution in [2.75, 3.05) is 0 Å². The standard InChI is InChI=1S/C24H17ClN4O/c25-18-11-12-20-19(13-18)22(17-9-5-2-6-10-17)23(24(30)26-20)21-15-29(28-27-21)14-16-7-3-1-4-8-16/h1-13,15H,14H2,(H,26,30). The Morgan fingerprint density at radius 3 is 2.40 bits per heavy atom. The maximum atomic E-state index is 13.1. The lowest BCUT2D eigenvalue weighted by Gasteiger charge is -2.12. The van der Waals surface area contributed by atoms with Crippen LogP contribution in [0.25, 0.3) is 33.3 Å². The van der Waals surface area contributed by atoms with Crippen LogP contribution in [0.1, 0.15) is 5.56 Å². The summed E-state index contributed by atoms with van der Waals surface area (Å²) in [5, 5.41) is 10.0. The van der Waals surface area contributed by atoms with Crippen molar-refractivity contribution in [3.63, 3.8) is 0 Å². The van der Waals surface area contributed by atoms with Crippen molar-refractivity contribution < 1.29 is 0 Å². The third-order valence-electron chi connectivity index (χ3n) is 5.02. The van der Waals surface area contributed by atoms with Gasteiger partial charge in [0, 0.05) is 21.5 Å². The van der Waals surface area contributed by atoms with Crippen molar-refractivity contribution >= 4 is 22.5 Å². The highest BCUT2D eigenvalue weighted by Crippen LogP contribution is 2.35. The van der Waals surface area contributed by atoms with Crippen LogP contribution in [0.2, 0.25) is 5.02 Å². The first-order valence-electron chi connectivity index (χ1n) is 9.54. The number of H-pyrrole nitrogens is 1. The number of aromatic amines is 1. The maximum absolute atomic E-state index is 13.1. The Hall–Kier alpha value is -3.70. The van der Waals surface area contributed by atoms with E-state index in [9.17, 15) is 4.79 Å². The van der Waals surface area contributed by atoms with Gasteiger partial charge in [-0.1, -0.05) is 77.5 Å². The van der Waals surface area contributed by atoms with Crippen LogP contribution in [-0.4, -0.2) is 20.0 Å². The van der Waals surface area contributed by atoms with Crippen LogP contribution in [0.5, 0.6) is 0 Å². The number of nitrogens with one attached hydrogen (secondary N) is 1. The zero-order valence-corrected chi connectivity index (χ0v) is 16.7. The Morgan fingerprint density at radius 2 is 1.63 bits per heavy atom. The summed E-state index contributed by atoms with van der Waals surface area (Å²) in [6, 6.07) is 25.3. The summed E-state index contributed by atoms with van der Waals surface area (Å²) >= 11 is 6.29. The molecule has 0 unspecified atom stereocenters. The van der Waals surface area contributed by atoms with Gasteiger partial charge in [0.15, 0.2) is 0 Å². The second-order valence-corrected chi connectivity index (χ2v) is 7.48. The number of benzene rings is 3. The van der Waals surface area contributed by atoms with Crippen LogP contribution in [0.4, 0.5) is 0 Å². The van der Waals surface area contributed by atoms with E-state index >= 15 is 0 Å². The molecule has 5 aromatic rings. The SMILES string of the molecule is O=c1[nH]c2ccc(Cl)cc2c(-c2ccccc2)c1-c1cn(Cc2ccccc2)nn1. The minimum atomic E-state index is -0.213. The van der Waals surface area contributed by atoms with Crippen molar-refractivity contribution in [3.8, 4) is 22.4 Å². The molecule has 0 aliphatic carbocycles. The van der Waals surface area contributed by atoms with Crippen LogP contribution in [0.15, 0.2) is 89.9 Å². The molecule has 0 spiro atoms. The Labute approximate surface area is 177 Å². The highest BCUT2D eigenvalue weighted by Gasteiger charge is 2.19. The molecule has 30 heavy (non-hydrogen) atoms. The van der Waals surface area contributed by atoms with Crippen LogP contribution < -0.4 is 5.56 Å². The summed E-state index contributed by atoms with van der Waals surface area (Å²) in [5.74, 6) is 0. The van der Waals surface area contributed by atoms with Crippen molar-refractivity contribution in [3.05, 3.63) is 106 Å². The molecule has 5 nitrogen and oxygen atoms in total. The first-order chi connectivity index (χ1) is 14.7. The number of nitrogens with zero attached hydrogens (tertiary/aromatic N) is 3. The molecule has 0 aliphatic rings. The summed E-state index contributed by atoms with van der Waals surface area (Å²) in [4.78, 5) is 16.1. The average molecular weight is 413 g/mol. The molecule has 1 N–H and O–H groups in total. The number of hydrogen-bond acceptors (Lipinski definition) is 3. The molecular weight excluding hydrogens is 396 g/mol. The Kier molecular flexibility index (Phi) is 4.65. The first-order valence-corrected chi connectivity index (χ1v) is 9.92. The topological polar surface area (TPSA) is 63.6 Å². The van der Waals surface area contributed by atoms with E-state index in [2.05, 4.69) is 15.3 Å². The second kappa shape index (κ2) is 7.61. The van der Waals surface area contributed by atoms with E-state index in [4.69, 9.17) is 11.6 Å². The fourth-order valence-corrected chi connectivity index (χ4v) is 3.85. The van der Waals surface area contributed by atoms with Gasteiger partial charge in [0.05, 0.1) is 18.3 Å². The first kappa shape index (κ1) is 18.3. The molecule has 2 heterocycles. The van der Waals surface area contributed by atoms with Gasteiger partial charge in [-0.3, -0.25) is 4.79 Å². The molecule has 0 saturated heterocycles. The van der Waals surface area contributed by atoms with E-state index < -0.39 is 0 Å². The molecule has 3 aromatic carbocycles. The van der Waals surface area contributed by atoms with Gasteiger partial charge in [-0.25, -0.2) is 4.68 Å². The zero-order valence-electron chi connectivity index (χ0n) is 15.9. The summed E-state index contributed by atoms with van der Waals surface area (Å²) in [5.41, 5.74) is 4.34. The molecule has 146 valence electrons. The van der Waals surface area contributed by atoms with E-state index in [1.165, 1.54) is 0 Å². The maximum Gasteiger partial charge on any atom is 0.258 e. The number of fused-ring (bicyclic) bond motifs is 1. The van der Waals surface area contributed by atoms with Crippen molar-refractivity contribution in [1.82, 2.24) is 20.0 Å². The van der Waals surface area contributed by atoms with E-state index in [-0.39, 0.29) is 5.56 Å². The van der Waals surface area contributed by atoms with Crippen LogP contribution in [-0.2, 0) is 6.54 Å². The molecule has 0 saturated carbocycles. The van der Waals surface area contributed by atoms with Crippen LogP contribution in [0.3, 0.4) is 0 Å². The number of hydrogen-bond donors (Lipinski definition) is 1. The number of halogens is 1. The number of pyridine rings is 1. The second-order valence-electron chi connectivity index (χ2n) is 7.05. The molecule has 0 aliphatic heterocycles. The van der Waals surface area contributed by atoms with Crippen LogP contribution >= 0.6 is 11.6 Å². The lowest BCUT2D eigenvalue weighted by atomic mass is 9.95. The quantitative estimate of drug-likeness (QED) is 0.443. The van der Waals surface area contributed by atoms with Crippen molar-refractivity contribution in [1.29, 1.82) is 0 Å². The summed E-state index contributed by atoms with van der Waals surface area (Å²) in [6.45, 7) is 0.575. The smallest absolute Gasteiger partial charge is 0.258 e. The van der Waals surface area contributed by atoms with Gasteiger partial charge in [-0.05, 0) is 29.3 Å². The van der Waals surface area contributed by atoms with E-state index in [1.807, 2.05) is 72.8 Å². The Bertz CT molecular complexity index is 1390. The Morgan fingerprint density at radius 1 is 0.900 bits per heavy atom. The predicted molar refractivity (Wildman–Crippen MR) is 120 cm³/mol. The monoisotopic (exact) mass is 412 g/mol. The molecule has 0 atom stereocenters. The van der Waals surface area contributed by atoms with Gasteiger partial charge in [-0.15, -0.1) is 5.10 Å². The third-order valence-corrected chi connectivity index (χ3v) is 5.26. The Balaban J connectivity index is 1.71. The summed E-state index contributed by atoms with van der Waals surface area (Å²) in [7, 11) is 0. The van der Waals surface area contributed by atoms with E-state index in [0.29, 0.717) is 22.8 Å².